The first-order chi connectivity index (χ1) is 9.61. The van der Waals surface area contributed by atoms with Crippen LogP contribution < -0.4 is 5.32 Å². The number of nitrogens with one attached hydrogen (secondary N) is 1. The number of oxazole rings is 1. The van der Waals surface area contributed by atoms with Crippen LogP contribution in [0.2, 0.25) is 0 Å². The fourth-order valence-corrected chi connectivity index (χ4v) is 1.70. The molecule has 1 aromatic heterocycles. The molecule has 5 nitrogen and oxygen atoms in total. The summed E-state index contributed by atoms with van der Waals surface area (Å²) < 4.78 is 5.05. The van der Waals surface area contributed by atoms with E-state index in [4.69, 9.17) is 9.52 Å². The minimum Gasteiger partial charge on any atom is -0.438 e. The lowest BCUT2D eigenvalue weighted by atomic mass is 10.1. The molecule has 1 amide bonds. The summed E-state index contributed by atoms with van der Waals surface area (Å²) >= 11 is 0. The minimum absolute atomic E-state index is 0.174. The molecular formula is C15H14N2O3. The largest absolute Gasteiger partial charge is 0.438 e. The Morgan fingerprint density at radius 1 is 1.45 bits per heavy atom. The molecule has 0 saturated carbocycles. The quantitative estimate of drug-likeness (QED) is 0.817. The average molecular weight is 270 g/mol. The fraction of sp³-hybridized carbons (Fsp3) is 0.200. The maximum atomic E-state index is 12.1. The fourth-order valence-electron chi connectivity index (χ4n) is 1.70. The number of hydrogen-bond acceptors (Lipinski definition) is 4. The first-order valence-electron chi connectivity index (χ1n) is 6.03. The van der Waals surface area contributed by atoms with Crippen molar-refractivity contribution < 1.29 is 14.3 Å². The number of aryl methyl sites for hydroxylation is 2. The van der Waals surface area contributed by atoms with Gasteiger partial charge in [0.15, 0.2) is 6.39 Å². The maximum Gasteiger partial charge on any atom is 0.293 e. The summed E-state index contributed by atoms with van der Waals surface area (Å²) in [5, 5.41) is 11.5. The molecule has 0 fully saturated rings. The third kappa shape index (κ3) is 3.05. The van der Waals surface area contributed by atoms with Gasteiger partial charge in [-0.1, -0.05) is 17.9 Å². The summed E-state index contributed by atoms with van der Waals surface area (Å²) in [6, 6.07) is 5.49. The van der Waals surface area contributed by atoms with E-state index in [1.807, 2.05) is 19.1 Å². The van der Waals surface area contributed by atoms with Crippen molar-refractivity contribution in [1.82, 2.24) is 4.98 Å². The molecule has 1 aromatic carbocycles. The van der Waals surface area contributed by atoms with E-state index in [9.17, 15) is 4.79 Å². The van der Waals surface area contributed by atoms with Gasteiger partial charge in [0.05, 0.1) is 11.4 Å². The first kappa shape index (κ1) is 13.8. The van der Waals surface area contributed by atoms with Gasteiger partial charge in [-0.05, 0) is 31.5 Å². The van der Waals surface area contributed by atoms with E-state index in [0.717, 1.165) is 5.56 Å². The Hall–Kier alpha value is -2.58. The van der Waals surface area contributed by atoms with E-state index < -0.39 is 0 Å². The molecule has 0 spiro atoms. The van der Waals surface area contributed by atoms with Crippen molar-refractivity contribution >= 4 is 11.6 Å². The molecule has 0 radical (unpaired) electrons. The first-order valence-corrected chi connectivity index (χ1v) is 6.03. The van der Waals surface area contributed by atoms with Crippen LogP contribution in [0.25, 0.3) is 0 Å². The van der Waals surface area contributed by atoms with Crippen LogP contribution in [0.5, 0.6) is 0 Å². The third-order valence-corrected chi connectivity index (χ3v) is 2.68. The molecule has 2 rings (SSSR count). The van der Waals surface area contributed by atoms with Crippen LogP contribution in [0, 0.1) is 25.7 Å². The van der Waals surface area contributed by atoms with E-state index >= 15 is 0 Å². The number of aliphatic hydroxyl groups excluding tert-OH is 1. The molecule has 2 N–H and O–H groups in total. The molecule has 0 unspecified atom stereocenters. The molecule has 102 valence electrons. The number of aromatic nitrogens is 1. The normalized spacial score (nSPS) is 9.75. The molecule has 1 heterocycles. The summed E-state index contributed by atoms with van der Waals surface area (Å²) in [6.07, 6.45) is 1.23. The predicted octanol–water partition coefficient (Wildman–Crippen LogP) is 1.89. The highest BCUT2D eigenvalue weighted by Gasteiger charge is 2.15. The number of anilines is 1. The van der Waals surface area contributed by atoms with Gasteiger partial charge in [-0.2, -0.15) is 0 Å². The van der Waals surface area contributed by atoms with Gasteiger partial charge in [0.1, 0.15) is 6.61 Å². The smallest absolute Gasteiger partial charge is 0.293 e. The second-order valence-corrected chi connectivity index (χ2v) is 4.23. The van der Waals surface area contributed by atoms with Crippen LogP contribution >= 0.6 is 0 Å². The summed E-state index contributed by atoms with van der Waals surface area (Å²) in [6.45, 7) is 3.38. The zero-order valence-corrected chi connectivity index (χ0v) is 11.2. The number of hydrogen-bond donors (Lipinski definition) is 2. The van der Waals surface area contributed by atoms with Crippen molar-refractivity contribution in [2.24, 2.45) is 0 Å². The highest BCUT2D eigenvalue weighted by molar-refractivity contribution is 6.03. The summed E-state index contributed by atoms with van der Waals surface area (Å²) in [5.74, 6) is 5.15. The van der Waals surface area contributed by atoms with Gasteiger partial charge in [-0.15, -0.1) is 0 Å². The highest BCUT2D eigenvalue weighted by Crippen LogP contribution is 2.18. The number of aliphatic hydroxyl groups is 1. The van der Waals surface area contributed by atoms with Gasteiger partial charge < -0.3 is 14.8 Å². The van der Waals surface area contributed by atoms with Crippen LogP contribution in [0.4, 0.5) is 5.69 Å². The van der Waals surface area contributed by atoms with Crippen LogP contribution in [0.1, 0.15) is 27.4 Å². The number of nitrogens with zero attached hydrogens (tertiary/aromatic N) is 1. The Morgan fingerprint density at radius 3 is 2.90 bits per heavy atom. The number of carbonyl (C=O) groups is 1. The maximum absolute atomic E-state index is 12.1. The summed E-state index contributed by atoms with van der Waals surface area (Å²) in [4.78, 5) is 16.0. The van der Waals surface area contributed by atoms with Crippen molar-refractivity contribution in [3.63, 3.8) is 0 Å². The van der Waals surface area contributed by atoms with E-state index in [1.54, 1.807) is 13.0 Å². The lowest BCUT2D eigenvalue weighted by Crippen LogP contribution is -2.13. The standard InChI is InChI=1S/C15H14N2O3/c1-10-5-6-12(4-3-7-18)13(8-10)17-15(19)14-11(2)16-9-20-14/h5-6,8-9,18H,7H2,1-2H3,(H,17,19). The molecule has 0 bridgehead atoms. The second-order valence-electron chi connectivity index (χ2n) is 4.23. The Labute approximate surface area is 116 Å². The van der Waals surface area contributed by atoms with Gasteiger partial charge in [0.2, 0.25) is 5.76 Å². The van der Waals surface area contributed by atoms with Gasteiger partial charge in [0, 0.05) is 5.56 Å². The van der Waals surface area contributed by atoms with Gasteiger partial charge in [-0.25, -0.2) is 4.98 Å². The number of benzene rings is 1. The number of rotatable bonds is 2. The van der Waals surface area contributed by atoms with E-state index in [1.165, 1.54) is 6.39 Å². The highest BCUT2D eigenvalue weighted by atomic mass is 16.3. The summed E-state index contributed by atoms with van der Waals surface area (Å²) in [7, 11) is 0. The zero-order chi connectivity index (χ0) is 14.5. The molecule has 0 aliphatic carbocycles. The zero-order valence-electron chi connectivity index (χ0n) is 11.2. The van der Waals surface area contributed by atoms with E-state index in [-0.39, 0.29) is 18.3 Å². The number of carbonyl (C=O) groups excluding carboxylic acids is 1. The van der Waals surface area contributed by atoms with Crippen molar-refractivity contribution in [2.75, 3.05) is 11.9 Å². The van der Waals surface area contributed by atoms with Crippen LogP contribution in [-0.2, 0) is 0 Å². The van der Waals surface area contributed by atoms with Crippen LogP contribution in [-0.4, -0.2) is 22.6 Å². The predicted molar refractivity (Wildman–Crippen MR) is 74.3 cm³/mol. The molecule has 20 heavy (non-hydrogen) atoms. The van der Waals surface area contributed by atoms with Crippen molar-refractivity contribution in [3.8, 4) is 11.8 Å². The Balaban J connectivity index is 2.31. The molecular weight excluding hydrogens is 256 g/mol. The molecule has 0 aliphatic rings. The number of amides is 1. The van der Waals surface area contributed by atoms with E-state index in [2.05, 4.69) is 22.1 Å². The van der Waals surface area contributed by atoms with Crippen molar-refractivity contribution in [2.45, 2.75) is 13.8 Å². The van der Waals surface area contributed by atoms with Gasteiger partial charge in [0.25, 0.3) is 5.91 Å². The molecule has 0 aliphatic heterocycles. The average Bonchev–Trinajstić information content (AvgIpc) is 2.84. The Morgan fingerprint density at radius 2 is 2.25 bits per heavy atom. The lowest BCUT2D eigenvalue weighted by Gasteiger charge is -2.07. The van der Waals surface area contributed by atoms with Gasteiger partial charge >= 0.3 is 0 Å². The minimum atomic E-state index is -0.377. The van der Waals surface area contributed by atoms with Gasteiger partial charge in [-0.3, -0.25) is 4.79 Å². The Bertz CT molecular complexity index is 693. The van der Waals surface area contributed by atoms with Crippen LogP contribution in [0.15, 0.2) is 29.0 Å². The van der Waals surface area contributed by atoms with E-state index in [0.29, 0.717) is 16.9 Å². The lowest BCUT2D eigenvalue weighted by molar-refractivity contribution is 0.0996. The molecule has 5 heteroatoms. The Kier molecular flexibility index (Phi) is 4.18. The van der Waals surface area contributed by atoms with Crippen LogP contribution in [0.3, 0.4) is 0 Å². The second kappa shape index (κ2) is 6.04. The van der Waals surface area contributed by atoms with Crippen molar-refractivity contribution in [1.29, 1.82) is 0 Å². The molecule has 2 aromatic rings. The molecule has 0 atom stereocenters. The molecule has 0 saturated heterocycles. The third-order valence-electron chi connectivity index (χ3n) is 2.68. The van der Waals surface area contributed by atoms with Crippen molar-refractivity contribution in [3.05, 3.63) is 47.2 Å². The summed E-state index contributed by atoms with van der Waals surface area (Å²) in [5.41, 5.74) is 2.73. The SMILES string of the molecule is Cc1ccc(C#CCO)c(NC(=O)c2ocnc2C)c1. The topological polar surface area (TPSA) is 75.4 Å². The monoisotopic (exact) mass is 270 g/mol.